The summed E-state index contributed by atoms with van der Waals surface area (Å²) < 4.78 is 0. The number of amides is 1. The number of hydrazine groups is 1. The predicted molar refractivity (Wildman–Crippen MR) is 46.0 cm³/mol. The number of carbonyl (C=O) groups is 1. The first kappa shape index (κ1) is 12.3. The zero-order chi connectivity index (χ0) is 10.3. The first-order valence-electron chi connectivity index (χ1n) is 4.29. The number of nitrogens with zero attached hydrogens (tertiary/aromatic N) is 2. The van der Waals surface area contributed by atoms with Gasteiger partial charge in [0.05, 0.1) is 0 Å². The second kappa shape index (κ2) is 6.79. The lowest BCUT2D eigenvalue weighted by Gasteiger charge is -2.15. The van der Waals surface area contributed by atoms with E-state index >= 15 is 0 Å². The Labute approximate surface area is 77.6 Å². The lowest BCUT2D eigenvalue weighted by Crippen LogP contribution is -2.40. The molecule has 0 saturated heterocycles. The SMILES string of the molecule is CCN(O)CCC(=O)NN(O)CC. The molecule has 3 N–H and O–H groups in total. The van der Waals surface area contributed by atoms with Gasteiger partial charge in [0.1, 0.15) is 0 Å². The van der Waals surface area contributed by atoms with E-state index in [0.29, 0.717) is 18.3 Å². The number of nitrogens with one attached hydrogen (secondary N) is 1. The van der Waals surface area contributed by atoms with Crippen molar-refractivity contribution >= 4 is 5.91 Å². The van der Waals surface area contributed by atoms with Crippen LogP contribution in [0.15, 0.2) is 0 Å². The number of hydroxylamine groups is 3. The van der Waals surface area contributed by atoms with Gasteiger partial charge in [-0.3, -0.25) is 15.4 Å². The summed E-state index contributed by atoms with van der Waals surface area (Å²) in [5.41, 5.74) is 2.22. The van der Waals surface area contributed by atoms with Gasteiger partial charge in [0.15, 0.2) is 0 Å². The Morgan fingerprint density at radius 2 is 1.92 bits per heavy atom. The van der Waals surface area contributed by atoms with Crippen molar-refractivity contribution in [2.75, 3.05) is 19.6 Å². The van der Waals surface area contributed by atoms with Crippen LogP contribution >= 0.6 is 0 Å². The summed E-state index contributed by atoms with van der Waals surface area (Å²) in [6.45, 7) is 4.54. The van der Waals surface area contributed by atoms with Gasteiger partial charge in [-0.1, -0.05) is 6.92 Å². The van der Waals surface area contributed by atoms with E-state index in [-0.39, 0.29) is 18.9 Å². The highest BCUT2D eigenvalue weighted by Gasteiger charge is 2.06. The van der Waals surface area contributed by atoms with Crippen molar-refractivity contribution in [2.45, 2.75) is 20.3 Å². The average Bonchev–Trinajstić information content (AvgIpc) is 2.13. The second-order valence-electron chi connectivity index (χ2n) is 2.55. The molecule has 0 atom stereocenters. The molecule has 0 rings (SSSR count). The topological polar surface area (TPSA) is 76.0 Å². The zero-order valence-corrected chi connectivity index (χ0v) is 8.03. The maximum atomic E-state index is 11.0. The van der Waals surface area contributed by atoms with Crippen LogP contribution in [0, 0.1) is 0 Å². The minimum absolute atomic E-state index is 0.154. The van der Waals surface area contributed by atoms with E-state index in [1.165, 1.54) is 0 Å². The second-order valence-corrected chi connectivity index (χ2v) is 2.55. The van der Waals surface area contributed by atoms with Crippen molar-refractivity contribution in [3.63, 3.8) is 0 Å². The van der Waals surface area contributed by atoms with Crippen LogP contribution in [-0.4, -0.2) is 46.2 Å². The van der Waals surface area contributed by atoms with Crippen LogP contribution < -0.4 is 5.43 Å². The summed E-state index contributed by atoms with van der Waals surface area (Å²) in [5.74, 6) is -0.322. The van der Waals surface area contributed by atoms with E-state index < -0.39 is 0 Å². The lowest BCUT2D eigenvalue weighted by atomic mass is 10.4. The summed E-state index contributed by atoms with van der Waals surface area (Å²) in [7, 11) is 0. The number of hydrogen-bond acceptors (Lipinski definition) is 5. The smallest absolute Gasteiger partial charge is 0.237 e. The molecule has 0 spiro atoms. The summed E-state index contributed by atoms with van der Waals surface area (Å²) in [6.07, 6.45) is 0.154. The number of carbonyl (C=O) groups excluding carboxylic acids is 1. The molecule has 0 aromatic heterocycles. The monoisotopic (exact) mass is 191 g/mol. The van der Waals surface area contributed by atoms with Gasteiger partial charge in [0.25, 0.3) is 0 Å². The molecule has 6 heteroatoms. The predicted octanol–water partition coefficient (Wildman–Crippen LogP) is -0.170. The van der Waals surface area contributed by atoms with E-state index in [1.54, 1.807) is 13.8 Å². The Bertz CT molecular complexity index is 154. The van der Waals surface area contributed by atoms with E-state index in [9.17, 15) is 4.79 Å². The maximum absolute atomic E-state index is 11.0. The first-order chi connectivity index (χ1) is 6.10. The van der Waals surface area contributed by atoms with Crippen molar-refractivity contribution in [3.8, 4) is 0 Å². The molecule has 6 nitrogen and oxygen atoms in total. The molecule has 1 amide bonds. The van der Waals surface area contributed by atoms with E-state index in [2.05, 4.69) is 5.43 Å². The van der Waals surface area contributed by atoms with E-state index in [0.717, 1.165) is 5.06 Å². The molecule has 78 valence electrons. The third-order valence-electron chi connectivity index (χ3n) is 1.52. The van der Waals surface area contributed by atoms with Gasteiger partial charge in [-0.2, -0.15) is 5.06 Å². The molecule has 0 bridgehead atoms. The van der Waals surface area contributed by atoms with Gasteiger partial charge < -0.3 is 5.21 Å². The quantitative estimate of drug-likeness (QED) is 0.508. The third kappa shape index (κ3) is 6.47. The highest BCUT2D eigenvalue weighted by atomic mass is 16.5. The van der Waals surface area contributed by atoms with Crippen LogP contribution in [-0.2, 0) is 4.79 Å². The Kier molecular flexibility index (Phi) is 6.43. The Morgan fingerprint density at radius 3 is 2.38 bits per heavy atom. The molecule has 0 saturated carbocycles. The standard InChI is InChI=1S/C7H17N3O3/c1-3-9(12)6-5-7(11)8-10(13)4-2/h12-13H,3-6H2,1-2H3,(H,8,11). The Hall–Kier alpha value is -0.690. The molecular formula is C7H17N3O3. The molecule has 0 aromatic rings. The van der Waals surface area contributed by atoms with E-state index in [4.69, 9.17) is 10.4 Å². The van der Waals surface area contributed by atoms with Crippen molar-refractivity contribution in [2.24, 2.45) is 0 Å². The normalized spacial score (nSPS) is 10.9. The summed E-state index contributed by atoms with van der Waals surface area (Å²) in [4.78, 5) is 11.0. The molecule has 0 radical (unpaired) electrons. The molecule has 0 aliphatic rings. The van der Waals surface area contributed by atoms with Gasteiger partial charge in [-0.25, -0.2) is 0 Å². The minimum Gasteiger partial charge on any atom is -0.314 e. The lowest BCUT2D eigenvalue weighted by molar-refractivity contribution is -0.161. The van der Waals surface area contributed by atoms with Crippen molar-refractivity contribution in [1.82, 2.24) is 15.7 Å². The van der Waals surface area contributed by atoms with Gasteiger partial charge in [-0.05, 0) is 6.92 Å². The van der Waals surface area contributed by atoms with Gasteiger partial charge in [0, 0.05) is 26.1 Å². The van der Waals surface area contributed by atoms with Gasteiger partial charge in [-0.15, -0.1) is 5.17 Å². The molecule has 0 unspecified atom stereocenters. The zero-order valence-electron chi connectivity index (χ0n) is 8.03. The molecule has 0 aromatic carbocycles. The van der Waals surface area contributed by atoms with Crippen molar-refractivity contribution in [1.29, 1.82) is 0 Å². The molecule has 13 heavy (non-hydrogen) atoms. The Morgan fingerprint density at radius 1 is 1.31 bits per heavy atom. The van der Waals surface area contributed by atoms with Crippen LogP contribution in [0.4, 0.5) is 0 Å². The number of hydrogen-bond donors (Lipinski definition) is 3. The molecule has 0 heterocycles. The van der Waals surface area contributed by atoms with Crippen molar-refractivity contribution < 1.29 is 15.2 Å². The van der Waals surface area contributed by atoms with Crippen LogP contribution in [0.3, 0.4) is 0 Å². The first-order valence-corrected chi connectivity index (χ1v) is 4.29. The van der Waals surface area contributed by atoms with Crippen molar-refractivity contribution in [3.05, 3.63) is 0 Å². The van der Waals surface area contributed by atoms with Crippen LogP contribution in [0.2, 0.25) is 0 Å². The third-order valence-corrected chi connectivity index (χ3v) is 1.52. The molecule has 0 aliphatic heterocycles. The minimum atomic E-state index is -0.322. The fraction of sp³-hybridized carbons (Fsp3) is 0.857. The van der Waals surface area contributed by atoms with Crippen LogP contribution in [0.5, 0.6) is 0 Å². The largest absolute Gasteiger partial charge is 0.314 e. The van der Waals surface area contributed by atoms with Gasteiger partial charge in [0.2, 0.25) is 5.91 Å². The van der Waals surface area contributed by atoms with E-state index in [1.807, 2.05) is 0 Å². The summed E-state index contributed by atoms with van der Waals surface area (Å²) in [6, 6.07) is 0. The maximum Gasteiger partial charge on any atom is 0.237 e. The fourth-order valence-corrected chi connectivity index (χ4v) is 0.668. The molecule has 0 fully saturated rings. The van der Waals surface area contributed by atoms with Gasteiger partial charge >= 0.3 is 0 Å². The molecular weight excluding hydrogens is 174 g/mol. The summed E-state index contributed by atoms with van der Waals surface area (Å²) >= 11 is 0. The highest BCUT2D eigenvalue weighted by molar-refractivity contribution is 5.75. The summed E-state index contributed by atoms with van der Waals surface area (Å²) in [5, 5.41) is 19.6. The molecule has 0 aliphatic carbocycles. The van der Waals surface area contributed by atoms with Crippen LogP contribution in [0.25, 0.3) is 0 Å². The highest BCUT2D eigenvalue weighted by Crippen LogP contribution is 1.86. The average molecular weight is 191 g/mol. The fourth-order valence-electron chi connectivity index (χ4n) is 0.668. The Balaban J connectivity index is 3.51. The van der Waals surface area contributed by atoms with Crippen LogP contribution in [0.1, 0.15) is 20.3 Å². The number of rotatable bonds is 6.